The molecule has 1 atom stereocenters. The molecular formula is C12H20N2O4S2. The fraction of sp³-hybridized carbons (Fsp3) is 0.500. The summed E-state index contributed by atoms with van der Waals surface area (Å²) in [4.78, 5) is 0. The van der Waals surface area contributed by atoms with Crippen LogP contribution < -0.4 is 9.86 Å². The Bertz CT molecular complexity index is 612. The van der Waals surface area contributed by atoms with E-state index in [1.54, 1.807) is 0 Å². The van der Waals surface area contributed by atoms with Crippen LogP contribution >= 0.6 is 0 Å². The van der Waals surface area contributed by atoms with E-state index in [1.165, 1.54) is 0 Å². The molecule has 1 aromatic rings. The number of hydrogen-bond acceptors (Lipinski definition) is 4. The molecule has 0 saturated heterocycles. The van der Waals surface area contributed by atoms with E-state index in [4.69, 9.17) is 5.14 Å². The minimum atomic E-state index is -3.54. The van der Waals surface area contributed by atoms with Crippen LogP contribution in [0.1, 0.15) is 24.8 Å². The summed E-state index contributed by atoms with van der Waals surface area (Å²) in [6, 6.07) is 9.34. The van der Waals surface area contributed by atoms with E-state index in [0.29, 0.717) is 0 Å². The highest BCUT2D eigenvalue weighted by Gasteiger charge is 2.16. The summed E-state index contributed by atoms with van der Waals surface area (Å²) in [5.74, 6) is -0.400. The van der Waals surface area contributed by atoms with Crippen molar-refractivity contribution in [2.45, 2.75) is 19.3 Å². The van der Waals surface area contributed by atoms with Crippen molar-refractivity contribution in [2.24, 2.45) is 5.14 Å². The molecule has 3 N–H and O–H groups in total. The molecule has 1 aromatic carbocycles. The topological polar surface area (TPSA) is 106 Å². The second-order valence-electron chi connectivity index (χ2n) is 4.71. The number of benzene rings is 1. The van der Waals surface area contributed by atoms with E-state index in [0.717, 1.165) is 5.56 Å². The number of primary sulfonamides is 1. The highest BCUT2D eigenvalue weighted by atomic mass is 32.2. The van der Waals surface area contributed by atoms with Crippen LogP contribution in [-0.2, 0) is 20.0 Å². The molecule has 6 nitrogen and oxygen atoms in total. The Kier molecular flexibility index (Phi) is 6.12. The molecule has 0 amide bonds. The second kappa shape index (κ2) is 7.16. The van der Waals surface area contributed by atoms with Gasteiger partial charge in [0.15, 0.2) is 0 Å². The largest absolute Gasteiger partial charge is 0.229 e. The molecule has 8 heteroatoms. The predicted octanol–water partition coefficient (Wildman–Crippen LogP) is 0.388. The Hall–Kier alpha value is -0.960. The number of hydrogen-bond donors (Lipinski definition) is 2. The van der Waals surface area contributed by atoms with Gasteiger partial charge in [-0.05, 0) is 17.9 Å². The van der Waals surface area contributed by atoms with Crippen LogP contribution in [0, 0.1) is 0 Å². The molecule has 0 saturated carbocycles. The molecule has 1 unspecified atom stereocenters. The van der Waals surface area contributed by atoms with Crippen molar-refractivity contribution in [2.75, 3.05) is 18.1 Å². The van der Waals surface area contributed by atoms with Gasteiger partial charge in [-0.3, -0.25) is 0 Å². The SMILES string of the molecule is CC(CS(=O)(=O)NCCCS(N)(=O)=O)c1ccccc1. The number of sulfonamides is 2. The molecule has 0 fully saturated rings. The van der Waals surface area contributed by atoms with E-state index >= 15 is 0 Å². The lowest BCUT2D eigenvalue weighted by Gasteiger charge is -2.13. The third-order valence-electron chi connectivity index (χ3n) is 2.77. The second-order valence-corrected chi connectivity index (χ2v) is 8.29. The zero-order valence-electron chi connectivity index (χ0n) is 11.3. The molecule has 0 aliphatic rings. The summed E-state index contributed by atoms with van der Waals surface area (Å²) in [6.45, 7) is 1.90. The third kappa shape index (κ3) is 6.99. The number of rotatable bonds is 8. The van der Waals surface area contributed by atoms with Crippen LogP contribution in [0.4, 0.5) is 0 Å². The van der Waals surface area contributed by atoms with Crippen molar-refractivity contribution in [1.82, 2.24) is 4.72 Å². The molecule has 0 spiro atoms. The predicted molar refractivity (Wildman–Crippen MR) is 79.2 cm³/mol. The first-order chi connectivity index (χ1) is 9.20. The molecule has 0 aliphatic carbocycles. The fourth-order valence-corrected chi connectivity index (χ4v) is 3.74. The standard InChI is InChI=1S/C12H20N2O4S2/c1-11(12-6-3-2-4-7-12)10-20(17,18)14-8-5-9-19(13,15)16/h2-4,6-7,11,14H,5,8-10H2,1H3,(H2,13,15,16). The maximum atomic E-state index is 11.8. The maximum Gasteiger partial charge on any atom is 0.212 e. The van der Waals surface area contributed by atoms with Crippen molar-refractivity contribution in [3.8, 4) is 0 Å². The molecule has 0 heterocycles. The minimum Gasteiger partial charge on any atom is -0.229 e. The van der Waals surface area contributed by atoms with Crippen LogP contribution in [0.25, 0.3) is 0 Å². The van der Waals surface area contributed by atoms with Crippen LogP contribution in [0.3, 0.4) is 0 Å². The van der Waals surface area contributed by atoms with Crippen molar-refractivity contribution in [1.29, 1.82) is 0 Å². The lowest BCUT2D eigenvalue weighted by molar-refractivity contribution is 0.572. The molecule has 0 aromatic heterocycles. The molecule has 0 bridgehead atoms. The molecule has 0 aliphatic heterocycles. The van der Waals surface area contributed by atoms with Gasteiger partial charge in [0, 0.05) is 6.54 Å². The summed E-state index contributed by atoms with van der Waals surface area (Å²) in [7, 11) is -6.98. The summed E-state index contributed by atoms with van der Waals surface area (Å²) in [5.41, 5.74) is 0.947. The van der Waals surface area contributed by atoms with Gasteiger partial charge in [0.1, 0.15) is 0 Å². The van der Waals surface area contributed by atoms with Gasteiger partial charge in [-0.2, -0.15) is 0 Å². The lowest BCUT2D eigenvalue weighted by atomic mass is 10.0. The van der Waals surface area contributed by atoms with Gasteiger partial charge in [-0.25, -0.2) is 26.7 Å². The van der Waals surface area contributed by atoms with Crippen molar-refractivity contribution < 1.29 is 16.8 Å². The van der Waals surface area contributed by atoms with Gasteiger partial charge in [-0.15, -0.1) is 0 Å². The monoisotopic (exact) mass is 320 g/mol. The van der Waals surface area contributed by atoms with Gasteiger partial charge in [0.05, 0.1) is 11.5 Å². The smallest absolute Gasteiger partial charge is 0.212 e. The van der Waals surface area contributed by atoms with Gasteiger partial charge in [0.2, 0.25) is 20.0 Å². The molecule has 114 valence electrons. The van der Waals surface area contributed by atoms with Crippen LogP contribution in [-0.4, -0.2) is 34.9 Å². The molecule has 1 rings (SSSR count). The number of nitrogens with two attached hydrogens (primary N) is 1. The first kappa shape index (κ1) is 17.1. The zero-order valence-corrected chi connectivity index (χ0v) is 13.0. The van der Waals surface area contributed by atoms with Crippen molar-refractivity contribution in [3.05, 3.63) is 35.9 Å². The Morgan fingerprint density at radius 1 is 1.15 bits per heavy atom. The van der Waals surface area contributed by atoms with Gasteiger partial charge >= 0.3 is 0 Å². The van der Waals surface area contributed by atoms with Crippen molar-refractivity contribution in [3.63, 3.8) is 0 Å². The van der Waals surface area contributed by atoms with E-state index in [9.17, 15) is 16.8 Å². The van der Waals surface area contributed by atoms with Gasteiger partial charge < -0.3 is 0 Å². The van der Waals surface area contributed by atoms with Crippen LogP contribution in [0.15, 0.2) is 30.3 Å². The van der Waals surface area contributed by atoms with E-state index in [-0.39, 0.29) is 30.4 Å². The Morgan fingerprint density at radius 2 is 1.75 bits per heavy atom. The highest BCUT2D eigenvalue weighted by molar-refractivity contribution is 7.89. The molecule has 20 heavy (non-hydrogen) atoms. The van der Waals surface area contributed by atoms with E-state index in [2.05, 4.69) is 4.72 Å². The highest BCUT2D eigenvalue weighted by Crippen LogP contribution is 2.16. The van der Waals surface area contributed by atoms with Gasteiger partial charge in [0.25, 0.3) is 0 Å². The summed E-state index contributed by atoms with van der Waals surface area (Å²) >= 11 is 0. The van der Waals surface area contributed by atoms with Crippen LogP contribution in [0.2, 0.25) is 0 Å². The zero-order chi connectivity index (χ0) is 15.2. The quantitative estimate of drug-likeness (QED) is 0.676. The summed E-state index contributed by atoms with van der Waals surface area (Å²) in [6.07, 6.45) is 0.164. The van der Waals surface area contributed by atoms with Crippen molar-refractivity contribution >= 4 is 20.0 Å². The lowest BCUT2D eigenvalue weighted by Crippen LogP contribution is -2.31. The third-order valence-corrected chi connectivity index (χ3v) is 5.21. The minimum absolute atomic E-state index is 0.0353. The summed E-state index contributed by atoms with van der Waals surface area (Å²) in [5, 5.41) is 4.84. The molecular weight excluding hydrogens is 300 g/mol. The van der Waals surface area contributed by atoms with Crippen LogP contribution in [0.5, 0.6) is 0 Å². The first-order valence-electron chi connectivity index (χ1n) is 6.22. The average Bonchev–Trinajstić information content (AvgIpc) is 2.34. The average molecular weight is 320 g/mol. The summed E-state index contributed by atoms with van der Waals surface area (Å²) < 4.78 is 47.5. The Morgan fingerprint density at radius 3 is 2.30 bits per heavy atom. The Labute approximate surface area is 120 Å². The van der Waals surface area contributed by atoms with E-state index in [1.807, 2.05) is 37.3 Å². The molecule has 0 radical (unpaired) electrons. The van der Waals surface area contributed by atoms with E-state index < -0.39 is 20.0 Å². The van der Waals surface area contributed by atoms with Gasteiger partial charge in [-0.1, -0.05) is 37.3 Å². The number of nitrogens with one attached hydrogen (secondary N) is 1. The maximum absolute atomic E-state index is 11.8. The fourth-order valence-electron chi connectivity index (χ4n) is 1.77. The first-order valence-corrected chi connectivity index (χ1v) is 9.59. The normalized spacial score (nSPS) is 14.1. The Balaban J connectivity index is 2.46.